The Labute approximate surface area is 219 Å². The van der Waals surface area contributed by atoms with E-state index in [-0.39, 0.29) is 38.9 Å². The fourth-order valence-electron chi connectivity index (χ4n) is 3.78. The molecule has 0 spiro atoms. The second-order valence-electron chi connectivity index (χ2n) is 8.01. The average molecular weight is 542 g/mol. The maximum Gasteiger partial charge on any atom is 0.249 e. The van der Waals surface area contributed by atoms with Crippen molar-refractivity contribution in [2.24, 2.45) is 0 Å². The smallest absolute Gasteiger partial charge is 0.249 e. The molecule has 1 unspecified atom stereocenters. The molecule has 1 aliphatic rings. The summed E-state index contributed by atoms with van der Waals surface area (Å²) in [5.41, 5.74) is 6.65. The van der Waals surface area contributed by atoms with Crippen molar-refractivity contribution < 1.29 is 18.9 Å². The first kappa shape index (κ1) is 23.8. The molecule has 0 fully saturated rings. The number of hydrogen-bond acceptors (Lipinski definition) is 8. The van der Waals surface area contributed by atoms with Gasteiger partial charge in [0.1, 0.15) is 11.9 Å². The number of rotatable bonds is 7. The van der Waals surface area contributed by atoms with Crippen LogP contribution in [0.5, 0.6) is 0 Å². The third-order valence-electron chi connectivity index (χ3n) is 5.53. The van der Waals surface area contributed by atoms with Crippen LogP contribution >= 0.6 is 11.6 Å². The normalized spacial score (nSPS) is 14.8. The predicted octanol–water partition coefficient (Wildman–Crippen LogP) is 5.56. The molecule has 0 aliphatic carbocycles. The molecule has 0 radical (unpaired) electrons. The summed E-state index contributed by atoms with van der Waals surface area (Å²) in [7, 11) is 0. The minimum Gasteiger partial charge on any atom is -0.373 e. The molecular formula is C25H17ClF4N8. The number of pyridine rings is 2. The SMILES string of the molecule is [2H]C(Nc1cc(Cl)c2ncc(C#N)c(Nc3cnc(F)c(F)c3)c2c1)(C1=CN(CF)NN1)c1ccc(F)cc1. The summed E-state index contributed by atoms with van der Waals surface area (Å²) in [6.07, 6.45) is 3.67. The van der Waals surface area contributed by atoms with Crippen molar-refractivity contribution in [1.29, 1.82) is 5.26 Å². The van der Waals surface area contributed by atoms with Crippen LogP contribution in [0.4, 0.5) is 34.6 Å². The van der Waals surface area contributed by atoms with Gasteiger partial charge in [-0.2, -0.15) is 9.65 Å². The van der Waals surface area contributed by atoms with Crippen molar-refractivity contribution in [3.05, 3.63) is 100 Å². The first-order chi connectivity index (χ1) is 18.7. The molecule has 1 aliphatic heterocycles. The highest BCUT2D eigenvalue weighted by molar-refractivity contribution is 6.36. The average Bonchev–Trinajstić information content (AvgIpc) is 3.42. The lowest BCUT2D eigenvalue weighted by atomic mass is 10.0. The largest absolute Gasteiger partial charge is 0.373 e. The van der Waals surface area contributed by atoms with Crippen LogP contribution in [0.25, 0.3) is 10.9 Å². The van der Waals surface area contributed by atoms with Gasteiger partial charge in [-0.25, -0.2) is 18.2 Å². The van der Waals surface area contributed by atoms with Crippen molar-refractivity contribution >= 4 is 39.6 Å². The summed E-state index contributed by atoms with van der Waals surface area (Å²) < 4.78 is 63.4. The summed E-state index contributed by atoms with van der Waals surface area (Å²) >= 11 is 6.53. The second kappa shape index (κ2) is 10.4. The van der Waals surface area contributed by atoms with Crippen LogP contribution in [-0.2, 0) is 0 Å². The van der Waals surface area contributed by atoms with Crippen molar-refractivity contribution in [3.8, 4) is 6.07 Å². The number of nitrogens with one attached hydrogen (secondary N) is 4. The van der Waals surface area contributed by atoms with E-state index in [4.69, 9.17) is 11.6 Å². The van der Waals surface area contributed by atoms with Crippen LogP contribution in [0.3, 0.4) is 0 Å². The van der Waals surface area contributed by atoms with Gasteiger partial charge in [0.05, 0.1) is 46.8 Å². The summed E-state index contributed by atoms with van der Waals surface area (Å²) in [5.74, 6) is -2.98. The Bertz CT molecular complexity index is 1650. The first-order valence-corrected chi connectivity index (χ1v) is 11.3. The van der Waals surface area contributed by atoms with Crippen LogP contribution in [0.1, 0.15) is 18.5 Å². The zero-order valence-corrected chi connectivity index (χ0v) is 19.9. The second-order valence-corrected chi connectivity index (χ2v) is 8.42. The number of halogens is 5. The molecule has 0 bridgehead atoms. The number of hydrazine groups is 2. The molecule has 1 atom stereocenters. The quantitative estimate of drug-likeness (QED) is 0.137. The molecule has 13 heteroatoms. The van der Waals surface area contributed by atoms with Crippen LogP contribution in [0.2, 0.25) is 5.02 Å². The number of nitrogens with zero attached hydrogens (tertiary/aromatic N) is 4. The maximum absolute atomic E-state index is 13.8. The lowest BCUT2D eigenvalue weighted by Crippen LogP contribution is -2.37. The van der Waals surface area contributed by atoms with Gasteiger partial charge in [0.15, 0.2) is 12.6 Å². The lowest BCUT2D eigenvalue weighted by Gasteiger charge is -2.22. The Kier molecular flexibility index (Phi) is 6.51. The fraction of sp³-hybridized carbons (Fsp3) is 0.0800. The van der Waals surface area contributed by atoms with Crippen LogP contribution in [0, 0.1) is 28.9 Å². The van der Waals surface area contributed by atoms with E-state index in [0.29, 0.717) is 10.9 Å². The van der Waals surface area contributed by atoms with Gasteiger partial charge in [-0.05, 0) is 29.8 Å². The van der Waals surface area contributed by atoms with Crippen LogP contribution in [0.15, 0.2) is 66.8 Å². The molecular weight excluding hydrogens is 524 g/mol. The van der Waals surface area contributed by atoms with E-state index >= 15 is 0 Å². The minimum absolute atomic E-state index is 0.0613. The van der Waals surface area contributed by atoms with E-state index in [1.165, 1.54) is 42.7 Å². The van der Waals surface area contributed by atoms with Crippen molar-refractivity contribution in [3.63, 3.8) is 0 Å². The number of alkyl halides is 1. The van der Waals surface area contributed by atoms with E-state index in [0.717, 1.165) is 17.3 Å². The molecule has 0 saturated carbocycles. The van der Waals surface area contributed by atoms with Gasteiger partial charge >= 0.3 is 0 Å². The van der Waals surface area contributed by atoms with Gasteiger partial charge in [0, 0.05) is 29.5 Å². The molecule has 192 valence electrons. The number of benzene rings is 2. The number of nitriles is 1. The molecule has 4 N–H and O–H groups in total. The summed E-state index contributed by atoms with van der Waals surface area (Å²) in [6.45, 7) is -0.895. The standard InChI is InChI=1S/C25H17ClF4N8/c26-19-6-16(34-23(13-1-3-15(28)4-2-13)21-11-38(12-27)37-36-21)5-18-22(14(8-31)9-32-24(18)19)35-17-7-20(29)25(30)33-10-17/h1-7,9-11,23,34,36-37H,12H2,(H,32,35)/i23D. The molecule has 4 aromatic rings. The number of anilines is 3. The Morgan fingerprint density at radius 1 is 1.11 bits per heavy atom. The Hall–Kier alpha value is -4.60. The first-order valence-electron chi connectivity index (χ1n) is 11.4. The minimum atomic E-state index is -1.81. The van der Waals surface area contributed by atoms with Crippen molar-refractivity contribution in [2.45, 2.75) is 6.02 Å². The molecule has 5 rings (SSSR count). The fourth-order valence-corrected chi connectivity index (χ4v) is 4.05. The third-order valence-corrected chi connectivity index (χ3v) is 5.82. The predicted molar refractivity (Wildman–Crippen MR) is 134 cm³/mol. The lowest BCUT2D eigenvalue weighted by molar-refractivity contribution is 0.185. The van der Waals surface area contributed by atoms with Gasteiger partial charge in [-0.1, -0.05) is 23.7 Å². The van der Waals surface area contributed by atoms with Gasteiger partial charge in [-0.15, -0.1) is 5.53 Å². The molecule has 2 aromatic heterocycles. The van der Waals surface area contributed by atoms with Crippen LogP contribution < -0.4 is 21.6 Å². The van der Waals surface area contributed by atoms with E-state index < -0.39 is 30.4 Å². The van der Waals surface area contributed by atoms with Crippen molar-refractivity contribution in [2.75, 3.05) is 17.4 Å². The van der Waals surface area contributed by atoms with Gasteiger partial charge in [0.25, 0.3) is 0 Å². The molecule has 2 aromatic carbocycles. The van der Waals surface area contributed by atoms with E-state index in [1.807, 2.05) is 6.07 Å². The zero-order valence-electron chi connectivity index (χ0n) is 20.2. The Morgan fingerprint density at radius 3 is 2.58 bits per heavy atom. The molecule has 3 heterocycles. The summed E-state index contributed by atoms with van der Waals surface area (Å²) in [5, 5.41) is 17.1. The summed E-state index contributed by atoms with van der Waals surface area (Å²) in [6, 6.07) is 9.28. The number of hydrogen-bond donors (Lipinski definition) is 4. The Balaban J connectivity index is 1.63. The highest BCUT2D eigenvalue weighted by Gasteiger charge is 2.23. The van der Waals surface area contributed by atoms with E-state index in [2.05, 4.69) is 31.6 Å². The molecule has 0 saturated heterocycles. The third kappa shape index (κ3) is 4.97. The summed E-state index contributed by atoms with van der Waals surface area (Å²) in [4.78, 5) is 7.60. The molecule has 38 heavy (non-hydrogen) atoms. The molecule has 8 nitrogen and oxygen atoms in total. The number of aromatic nitrogens is 2. The van der Waals surface area contributed by atoms with Gasteiger partial charge in [-0.3, -0.25) is 9.99 Å². The highest BCUT2D eigenvalue weighted by atomic mass is 35.5. The van der Waals surface area contributed by atoms with E-state index in [1.54, 1.807) is 6.07 Å². The number of fused-ring (bicyclic) bond motifs is 1. The van der Waals surface area contributed by atoms with Gasteiger partial charge in [0.2, 0.25) is 5.95 Å². The zero-order chi connectivity index (χ0) is 27.7. The maximum atomic E-state index is 13.8. The Morgan fingerprint density at radius 2 is 1.89 bits per heavy atom. The van der Waals surface area contributed by atoms with Crippen LogP contribution in [-0.4, -0.2) is 21.8 Å². The molecule has 0 amide bonds. The van der Waals surface area contributed by atoms with Crippen molar-refractivity contribution in [1.82, 2.24) is 25.9 Å². The highest BCUT2D eigenvalue weighted by Crippen LogP contribution is 2.37. The van der Waals surface area contributed by atoms with Gasteiger partial charge < -0.3 is 16.1 Å². The van der Waals surface area contributed by atoms with E-state index in [9.17, 15) is 24.2 Å². The monoisotopic (exact) mass is 541 g/mol. The topological polar surface area (TPSA) is 101 Å².